The number of hydrogen-bond donors (Lipinski definition) is 0. The van der Waals surface area contributed by atoms with Crippen LogP contribution in [0.1, 0.15) is 69.5 Å². The van der Waals surface area contributed by atoms with Crippen LogP contribution in [0.4, 0.5) is 17.1 Å². The van der Waals surface area contributed by atoms with Crippen molar-refractivity contribution in [2.45, 2.75) is 30.1 Å². The molecule has 0 saturated carbocycles. The molecule has 1 nitrogen and oxygen atoms in total. The zero-order valence-electron chi connectivity index (χ0n) is 42.8. The quantitative estimate of drug-likeness (QED) is 0.154. The summed E-state index contributed by atoms with van der Waals surface area (Å²) in [6.07, 6.45) is 0. The van der Waals surface area contributed by atoms with Gasteiger partial charge in [0, 0.05) is 42.5 Å². The molecule has 13 aromatic rings. The first-order valence-electron chi connectivity index (χ1n) is 27.0. The van der Waals surface area contributed by atoms with Crippen LogP contribution in [0, 0.1) is 0 Å². The number of nitrogens with zero attached hydrogens (tertiary/aromatic N) is 1. The van der Waals surface area contributed by atoms with Crippen molar-refractivity contribution in [3.05, 3.63) is 329 Å². The number of thiophene rings is 1. The molecule has 0 N–H and O–H groups in total. The largest absolute Gasteiger partial charge is 0.310 e. The summed E-state index contributed by atoms with van der Waals surface area (Å²) in [4.78, 5) is 2.59. The van der Waals surface area contributed by atoms with E-state index >= 15 is 0 Å². The molecule has 3 aliphatic rings. The van der Waals surface area contributed by atoms with Gasteiger partial charge in [0.25, 0.3) is 0 Å². The zero-order valence-corrected chi connectivity index (χ0v) is 43.7. The number of anilines is 3. The summed E-state index contributed by atoms with van der Waals surface area (Å²) in [5.74, 6) is 0. The summed E-state index contributed by atoms with van der Waals surface area (Å²) in [5.41, 5.74) is 22.3. The third kappa shape index (κ3) is 5.99. The first-order chi connectivity index (χ1) is 38.0. The maximum Gasteiger partial charge on any atom is 0.0714 e. The zero-order chi connectivity index (χ0) is 51.0. The molecule has 12 aromatic carbocycles. The van der Waals surface area contributed by atoms with Gasteiger partial charge in [-0.1, -0.05) is 238 Å². The molecule has 0 amide bonds. The number of benzene rings is 12. The van der Waals surface area contributed by atoms with Crippen LogP contribution < -0.4 is 4.90 Å². The van der Waals surface area contributed by atoms with Crippen molar-refractivity contribution in [1.29, 1.82) is 0 Å². The average molecular weight is 998 g/mol. The average Bonchev–Trinajstić information content (AvgIpc) is 4.21. The molecule has 16 rings (SSSR count). The van der Waals surface area contributed by atoms with Gasteiger partial charge in [-0.25, -0.2) is 0 Å². The van der Waals surface area contributed by atoms with E-state index in [1.165, 1.54) is 120 Å². The van der Waals surface area contributed by atoms with Crippen LogP contribution in [-0.4, -0.2) is 0 Å². The van der Waals surface area contributed by atoms with Crippen molar-refractivity contribution in [1.82, 2.24) is 0 Å². The fourth-order valence-electron chi connectivity index (χ4n) is 14.6. The Balaban J connectivity index is 1.05. The van der Waals surface area contributed by atoms with Crippen molar-refractivity contribution < 1.29 is 0 Å². The van der Waals surface area contributed by atoms with Crippen LogP contribution in [0.3, 0.4) is 0 Å². The minimum Gasteiger partial charge on any atom is -0.310 e. The van der Waals surface area contributed by atoms with Gasteiger partial charge in [0.1, 0.15) is 0 Å². The van der Waals surface area contributed by atoms with Gasteiger partial charge in [0.05, 0.1) is 16.5 Å². The Morgan fingerprint density at radius 3 is 1.47 bits per heavy atom. The van der Waals surface area contributed by atoms with Gasteiger partial charge in [-0.15, -0.1) is 11.3 Å². The Kier molecular flexibility index (Phi) is 9.46. The Bertz CT molecular complexity index is 4450. The van der Waals surface area contributed by atoms with Gasteiger partial charge >= 0.3 is 0 Å². The fraction of sp³-hybridized carbons (Fsp3) is 0.0667. The van der Waals surface area contributed by atoms with Crippen LogP contribution in [0.2, 0.25) is 0 Å². The number of fused-ring (bicyclic) bond motifs is 14. The van der Waals surface area contributed by atoms with E-state index < -0.39 is 10.8 Å². The van der Waals surface area contributed by atoms with E-state index in [4.69, 9.17) is 0 Å². The van der Waals surface area contributed by atoms with Crippen molar-refractivity contribution in [3.63, 3.8) is 0 Å². The van der Waals surface area contributed by atoms with Gasteiger partial charge in [-0.05, 0) is 143 Å². The number of rotatable bonds is 7. The molecule has 1 aromatic heterocycles. The maximum atomic E-state index is 2.62. The number of para-hydroxylation sites is 1. The van der Waals surface area contributed by atoms with E-state index in [-0.39, 0.29) is 5.41 Å². The summed E-state index contributed by atoms with van der Waals surface area (Å²) in [6, 6.07) is 104. The molecule has 0 unspecified atom stereocenters. The van der Waals surface area contributed by atoms with Gasteiger partial charge in [0.15, 0.2) is 0 Å². The van der Waals surface area contributed by atoms with Crippen molar-refractivity contribution in [3.8, 4) is 33.4 Å². The molecular weight excluding hydrogens is 947 g/mol. The van der Waals surface area contributed by atoms with E-state index in [0.717, 1.165) is 17.1 Å². The van der Waals surface area contributed by atoms with Crippen LogP contribution in [-0.2, 0) is 16.2 Å². The summed E-state index contributed by atoms with van der Waals surface area (Å²) >= 11 is 1.92. The molecule has 1 heterocycles. The summed E-state index contributed by atoms with van der Waals surface area (Å²) < 4.78 is 2.68. The summed E-state index contributed by atoms with van der Waals surface area (Å²) in [5, 5.41) is 5.28. The molecule has 2 heteroatoms. The van der Waals surface area contributed by atoms with E-state index in [1.54, 1.807) is 0 Å². The second-order valence-corrected chi connectivity index (χ2v) is 22.9. The molecule has 0 atom stereocenters. The molecule has 0 aliphatic heterocycles. The topological polar surface area (TPSA) is 3.24 Å². The predicted octanol–water partition coefficient (Wildman–Crippen LogP) is 19.7. The molecule has 0 radical (unpaired) electrons. The second-order valence-electron chi connectivity index (χ2n) is 21.8. The van der Waals surface area contributed by atoms with Crippen molar-refractivity contribution in [2.75, 3.05) is 4.90 Å². The molecule has 0 spiro atoms. The fourth-order valence-corrected chi connectivity index (χ4v) is 15.7. The Labute approximate surface area is 453 Å². The third-order valence-corrected chi connectivity index (χ3v) is 18.9. The van der Waals surface area contributed by atoms with Crippen molar-refractivity contribution >= 4 is 59.3 Å². The Morgan fingerprint density at radius 2 is 0.831 bits per heavy atom. The lowest BCUT2D eigenvalue weighted by Gasteiger charge is -2.39. The van der Waals surface area contributed by atoms with Crippen LogP contribution in [0.5, 0.6) is 0 Å². The minimum atomic E-state index is -0.672. The molecule has 77 heavy (non-hydrogen) atoms. The van der Waals surface area contributed by atoms with Crippen LogP contribution >= 0.6 is 11.3 Å². The van der Waals surface area contributed by atoms with E-state index in [2.05, 4.69) is 292 Å². The maximum absolute atomic E-state index is 2.62. The Hall–Kier alpha value is -9.08. The lowest BCUT2D eigenvalue weighted by molar-refractivity contribution is 0.661. The normalized spacial score (nSPS) is 14.7. The highest BCUT2D eigenvalue weighted by molar-refractivity contribution is 7.26. The van der Waals surface area contributed by atoms with Crippen LogP contribution in [0.15, 0.2) is 273 Å². The van der Waals surface area contributed by atoms with E-state index in [9.17, 15) is 0 Å². The molecule has 0 saturated heterocycles. The minimum absolute atomic E-state index is 0.205. The third-order valence-electron chi connectivity index (χ3n) is 17.8. The van der Waals surface area contributed by atoms with Crippen molar-refractivity contribution in [2.24, 2.45) is 0 Å². The second kappa shape index (κ2) is 16.5. The summed E-state index contributed by atoms with van der Waals surface area (Å²) in [7, 11) is 0. The highest BCUT2D eigenvalue weighted by atomic mass is 32.1. The Morgan fingerprint density at radius 1 is 0.312 bits per heavy atom. The standard InChI is InChI=1S/C75H51NS/c1-73(2)62-41-40-54(45-59(62)60-46-61-70(47-66(60)73)77-69-42-39-48-23-15-16-32-55(48)71(61)69)76(53-30-13-6-14-31-53)68-44-52(75(51-28-11-5-12-29-51)63-36-20-17-33-56(63)57-34-18-21-37-64(57)75)43-67-72(68)58-35-19-22-38-65(58)74(67,49-24-7-3-8-25-49)50-26-9-4-10-27-50/h3-47H,1-2H3. The van der Waals surface area contributed by atoms with E-state index in [1.807, 2.05) is 11.3 Å². The highest BCUT2D eigenvalue weighted by Gasteiger charge is 2.52. The first kappa shape index (κ1) is 44.2. The predicted molar refractivity (Wildman–Crippen MR) is 324 cm³/mol. The van der Waals surface area contributed by atoms with Gasteiger partial charge < -0.3 is 4.90 Å². The first-order valence-corrected chi connectivity index (χ1v) is 27.8. The molecule has 3 aliphatic carbocycles. The van der Waals surface area contributed by atoms with E-state index in [0.29, 0.717) is 0 Å². The molecule has 0 fully saturated rings. The molecular formula is C75H51NS. The SMILES string of the molecule is CC1(C)c2ccc(N(c3ccccc3)c3cc(C4(c5ccccc5)c5ccccc5-c5ccccc54)cc4c3-c3ccccc3C4(c3ccccc3)c3ccccc3)cc2-c2cc3c(cc21)sc1ccc2ccccc2c13. The van der Waals surface area contributed by atoms with Gasteiger partial charge in [-0.3, -0.25) is 0 Å². The lowest BCUT2D eigenvalue weighted by Crippen LogP contribution is -2.32. The molecule has 0 bridgehead atoms. The molecule has 362 valence electrons. The highest BCUT2D eigenvalue weighted by Crippen LogP contribution is 2.64. The lowest BCUT2D eigenvalue weighted by atomic mass is 9.64. The van der Waals surface area contributed by atoms with Gasteiger partial charge in [0.2, 0.25) is 0 Å². The monoisotopic (exact) mass is 997 g/mol. The van der Waals surface area contributed by atoms with Gasteiger partial charge in [-0.2, -0.15) is 0 Å². The summed E-state index contributed by atoms with van der Waals surface area (Å²) in [6.45, 7) is 4.84. The smallest absolute Gasteiger partial charge is 0.0714 e. The van der Waals surface area contributed by atoms with Crippen LogP contribution in [0.25, 0.3) is 64.3 Å². The number of hydrogen-bond acceptors (Lipinski definition) is 2.